The van der Waals surface area contributed by atoms with Crippen LogP contribution < -0.4 is 0 Å². The smallest absolute Gasteiger partial charge is 0.322 e. The molecule has 14 heavy (non-hydrogen) atoms. The van der Waals surface area contributed by atoms with Crippen molar-refractivity contribution < 1.29 is 19.6 Å². The number of hydrogen-bond donors (Lipinski definition) is 1. The highest BCUT2D eigenvalue weighted by atomic mass is 16.6. The van der Waals surface area contributed by atoms with E-state index in [0.29, 0.717) is 0 Å². The summed E-state index contributed by atoms with van der Waals surface area (Å²) in [6, 6.07) is 0. The highest BCUT2D eigenvalue weighted by Crippen LogP contribution is 2.14. The van der Waals surface area contributed by atoms with Gasteiger partial charge in [-0.05, 0) is 0 Å². The molecule has 0 aromatic heterocycles. The summed E-state index contributed by atoms with van der Waals surface area (Å²) >= 11 is 0. The topological polar surface area (TPSA) is 117 Å². The van der Waals surface area contributed by atoms with Gasteiger partial charge >= 0.3 is 11.7 Å². The number of nitro groups is 1. The summed E-state index contributed by atoms with van der Waals surface area (Å²) in [6.45, 7) is 0. The van der Waals surface area contributed by atoms with Gasteiger partial charge < -0.3 is 10.6 Å². The number of carboxylic acid groups (broad SMARTS) is 1. The standard InChI is InChI=1S/C7H5N3O4/c8-9-6-2-1-4(10(13)14)3-5(6)7(11)12/h1-3,5H,(H,11,12). The lowest BCUT2D eigenvalue weighted by Gasteiger charge is -2.03. The summed E-state index contributed by atoms with van der Waals surface area (Å²) in [7, 11) is 0. The van der Waals surface area contributed by atoms with E-state index in [9.17, 15) is 14.9 Å². The second-order valence-corrected chi connectivity index (χ2v) is 2.52. The summed E-state index contributed by atoms with van der Waals surface area (Å²) in [5.74, 6) is -2.58. The molecule has 0 aromatic carbocycles. The molecule has 0 heterocycles. The van der Waals surface area contributed by atoms with E-state index in [-0.39, 0.29) is 11.4 Å². The number of aliphatic carboxylic acids is 1. The average Bonchev–Trinajstić information content (AvgIpc) is 2.16. The summed E-state index contributed by atoms with van der Waals surface area (Å²) in [4.78, 5) is 22.9. The maximum atomic E-state index is 10.6. The minimum atomic E-state index is -1.30. The first-order chi connectivity index (χ1) is 6.56. The molecule has 1 aliphatic rings. The van der Waals surface area contributed by atoms with Crippen LogP contribution in [-0.4, -0.2) is 26.5 Å². The van der Waals surface area contributed by atoms with Gasteiger partial charge in [-0.2, -0.15) is 4.79 Å². The van der Waals surface area contributed by atoms with E-state index in [0.717, 1.165) is 18.2 Å². The van der Waals surface area contributed by atoms with Crippen LogP contribution in [0.25, 0.3) is 5.53 Å². The number of allylic oxidation sites excluding steroid dienone is 2. The quantitative estimate of drug-likeness (QED) is 0.290. The van der Waals surface area contributed by atoms with E-state index >= 15 is 0 Å². The van der Waals surface area contributed by atoms with Crippen molar-refractivity contribution in [2.45, 2.75) is 0 Å². The first-order valence-electron chi connectivity index (χ1n) is 3.55. The molecule has 0 aliphatic heterocycles. The van der Waals surface area contributed by atoms with Gasteiger partial charge in [0.1, 0.15) is 0 Å². The van der Waals surface area contributed by atoms with Gasteiger partial charge in [0.05, 0.1) is 4.92 Å². The van der Waals surface area contributed by atoms with Crippen molar-refractivity contribution in [3.8, 4) is 0 Å². The van der Waals surface area contributed by atoms with Crippen LogP contribution >= 0.6 is 0 Å². The zero-order chi connectivity index (χ0) is 10.7. The van der Waals surface area contributed by atoms with Gasteiger partial charge in [-0.15, -0.1) is 0 Å². The number of carboxylic acids is 1. The molecule has 0 aromatic rings. The number of rotatable bonds is 2. The van der Waals surface area contributed by atoms with Gasteiger partial charge in [0.2, 0.25) is 0 Å². The Morgan fingerprint density at radius 2 is 2.29 bits per heavy atom. The predicted octanol–water partition coefficient (Wildman–Crippen LogP) is 0.0884. The Bertz CT molecular complexity index is 403. The molecule has 1 atom stereocenters. The third kappa shape index (κ3) is 1.73. The summed E-state index contributed by atoms with van der Waals surface area (Å²) in [5, 5.41) is 19.0. The zero-order valence-corrected chi connectivity index (χ0v) is 6.82. The van der Waals surface area contributed by atoms with Crippen molar-refractivity contribution in [1.82, 2.24) is 0 Å². The van der Waals surface area contributed by atoms with Gasteiger partial charge in [-0.25, -0.2) is 0 Å². The van der Waals surface area contributed by atoms with E-state index in [2.05, 4.69) is 4.79 Å². The van der Waals surface area contributed by atoms with E-state index in [1.807, 2.05) is 0 Å². The molecule has 0 amide bonds. The zero-order valence-electron chi connectivity index (χ0n) is 6.82. The Morgan fingerprint density at radius 3 is 2.71 bits per heavy atom. The minimum Gasteiger partial charge on any atom is -0.480 e. The Hall–Kier alpha value is -2.27. The molecule has 0 fully saturated rings. The largest absolute Gasteiger partial charge is 0.480 e. The molecular weight excluding hydrogens is 190 g/mol. The molecule has 7 heteroatoms. The molecule has 0 spiro atoms. The number of nitrogens with zero attached hydrogens (tertiary/aromatic N) is 3. The average molecular weight is 195 g/mol. The van der Waals surface area contributed by atoms with Crippen LogP contribution in [0.5, 0.6) is 0 Å². The van der Waals surface area contributed by atoms with Gasteiger partial charge in [0, 0.05) is 18.2 Å². The fourth-order valence-electron chi connectivity index (χ4n) is 1.00. The second-order valence-electron chi connectivity index (χ2n) is 2.52. The van der Waals surface area contributed by atoms with Crippen LogP contribution in [0.2, 0.25) is 0 Å². The molecule has 1 aliphatic carbocycles. The van der Waals surface area contributed by atoms with Crippen LogP contribution in [0, 0.1) is 16.0 Å². The van der Waals surface area contributed by atoms with Crippen LogP contribution in [0.4, 0.5) is 0 Å². The van der Waals surface area contributed by atoms with Crippen molar-refractivity contribution in [2.24, 2.45) is 5.92 Å². The molecule has 0 saturated carbocycles. The van der Waals surface area contributed by atoms with Gasteiger partial charge in [0.25, 0.3) is 5.70 Å². The SMILES string of the molecule is [N-]=[N+]=C1C=CC([N+](=O)[O-])=CC1C(=O)O. The number of hydrogen-bond acceptors (Lipinski definition) is 3. The summed E-state index contributed by atoms with van der Waals surface area (Å²) < 4.78 is 0. The maximum absolute atomic E-state index is 10.6. The first kappa shape index (κ1) is 9.82. The Balaban J connectivity index is 3.13. The summed E-state index contributed by atoms with van der Waals surface area (Å²) in [5.41, 5.74) is 7.94. The minimum absolute atomic E-state index is 0.136. The monoisotopic (exact) mass is 195 g/mol. The molecule has 0 bridgehead atoms. The first-order valence-corrected chi connectivity index (χ1v) is 3.55. The number of carbonyl (C=O) groups is 1. The maximum Gasteiger partial charge on any atom is 0.322 e. The van der Waals surface area contributed by atoms with Crippen molar-refractivity contribution in [2.75, 3.05) is 0 Å². The van der Waals surface area contributed by atoms with Crippen molar-refractivity contribution >= 4 is 11.7 Å². The summed E-state index contributed by atoms with van der Waals surface area (Å²) in [6.07, 6.45) is 3.09. The van der Waals surface area contributed by atoms with Crippen molar-refractivity contribution in [1.29, 1.82) is 0 Å². The Kier molecular flexibility index (Phi) is 2.54. The molecule has 1 rings (SSSR count). The van der Waals surface area contributed by atoms with Crippen LogP contribution in [0.3, 0.4) is 0 Å². The molecule has 0 saturated heterocycles. The van der Waals surface area contributed by atoms with Crippen LogP contribution in [0.15, 0.2) is 23.9 Å². The predicted molar refractivity (Wildman–Crippen MR) is 44.0 cm³/mol. The lowest BCUT2D eigenvalue weighted by Crippen LogP contribution is -2.24. The lowest BCUT2D eigenvalue weighted by atomic mass is 9.97. The highest BCUT2D eigenvalue weighted by Gasteiger charge is 2.32. The molecule has 0 radical (unpaired) electrons. The third-order valence-electron chi connectivity index (χ3n) is 1.67. The Labute approximate surface area is 77.7 Å². The van der Waals surface area contributed by atoms with E-state index in [1.54, 1.807) is 0 Å². The highest BCUT2D eigenvalue weighted by molar-refractivity contribution is 6.07. The van der Waals surface area contributed by atoms with E-state index in [4.69, 9.17) is 10.6 Å². The molecule has 7 nitrogen and oxygen atoms in total. The lowest BCUT2D eigenvalue weighted by molar-refractivity contribution is -0.419. The molecule has 1 unspecified atom stereocenters. The molecule has 1 N–H and O–H groups in total. The fraction of sp³-hybridized carbons (Fsp3) is 0.143. The molecular formula is C7H5N3O4. The van der Waals surface area contributed by atoms with Crippen molar-refractivity contribution in [3.63, 3.8) is 0 Å². The normalized spacial score (nSPS) is 19.9. The molecule has 72 valence electrons. The van der Waals surface area contributed by atoms with E-state index < -0.39 is 16.8 Å². The second kappa shape index (κ2) is 3.63. The van der Waals surface area contributed by atoms with Gasteiger partial charge in [-0.3, -0.25) is 14.9 Å². The van der Waals surface area contributed by atoms with Crippen LogP contribution in [-0.2, 0) is 4.79 Å². The van der Waals surface area contributed by atoms with Gasteiger partial charge in [-0.1, -0.05) is 0 Å². The third-order valence-corrected chi connectivity index (χ3v) is 1.67. The van der Waals surface area contributed by atoms with Gasteiger partial charge in [0.15, 0.2) is 5.92 Å². The van der Waals surface area contributed by atoms with Crippen molar-refractivity contribution in [3.05, 3.63) is 39.6 Å². The fourth-order valence-corrected chi connectivity index (χ4v) is 1.00. The van der Waals surface area contributed by atoms with Crippen LogP contribution in [0.1, 0.15) is 0 Å². The Morgan fingerprint density at radius 1 is 1.64 bits per heavy atom. The van der Waals surface area contributed by atoms with E-state index in [1.165, 1.54) is 0 Å².